The number of rotatable bonds is 4. The highest BCUT2D eigenvalue weighted by molar-refractivity contribution is 6.30. The van der Waals surface area contributed by atoms with E-state index in [4.69, 9.17) is 17.3 Å². The van der Waals surface area contributed by atoms with E-state index in [1.54, 1.807) is 0 Å². The van der Waals surface area contributed by atoms with Gasteiger partial charge in [-0.15, -0.1) is 12.4 Å². The second kappa shape index (κ2) is 6.82. The van der Waals surface area contributed by atoms with Crippen LogP contribution in [-0.4, -0.2) is 24.9 Å². The fourth-order valence-electron chi connectivity index (χ4n) is 1.05. The Balaban J connectivity index is 0.00000289. The van der Waals surface area contributed by atoms with Crippen LogP contribution in [0.4, 0.5) is 13.2 Å². The first-order chi connectivity index (χ1) is 7.85. The minimum absolute atomic E-state index is 0. The Morgan fingerprint density at radius 3 is 2.56 bits per heavy atom. The van der Waals surface area contributed by atoms with Crippen molar-refractivity contribution in [3.05, 3.63) is 34.6 Å². The molecule has 0 spiro atoms. The molecule has 0 unspecified atom stereocenters. The molecule has 18 heavy (non-hydrogen) atoms. The lowest BCUT2D eigenvalue weighted by molar-refractivity contribution is 0.0118. The Hall–Kier alpha value is -0.980. The molecule has 1 rings (SSSR count). The second-order valence-electron chi connectivity index (χ2n) is 3.37. The number of nitrogens with one attached hydrogen (secondary N) is 1. The first-order valence-corrected chi connectivity index (χ1v) is 5.04. The largest absolute Gasteiger partial charge is 0.346 e. The number of carbonyl (C=O) groups is 1. The van der Waals surface area contributed by atoms with Gasteiger partial charge in [0.05, 0.1) is 18.7 Å². The lowest BCUT2D eigenvalue weighted by Gasteiger charge is -2.14. The van der Waals surface area contributed by atoms with E-state index in [-0.39, 0.29) is 23.0 Å². The molecule has 8 heteroatoms. The third kappa shape index (κ3) is 4.72. The molecule has 0 aliphatic rings. The van der Waals surface area contributed by atoms with Crippen LogP contribution in [0, 0.1) is 5.82 Å². The highest BCUT2D eigenvalue weighted by Crippen LogP contribution is 2.15. The number of hydrogen-bond donors (Lipinski definition) is 2. The van der Waals surface area contributed by atoms with Crippen LogP contribution in [-0.2, 0) is 0 Å². The van der Waals surface area contributed by atoms with Crippen LogP contribution in [0.5, 0.6) is 0 Å². The first-order valence-electron chi connectivity index (χ1n) is 4.67. The molecule has 0 bridgehead atoms. The summed E-state index contributed by atoms with van der Waals surface area (Å²) < 4.78 is 38.7. The van der Waals surface area contributed by atoms with E-state index in [0.717, 1.165) is 12.1 Å². The van der Waals surface area contributed by atoms with E-state index in [9.17, 15) is 18.0 Å². The number of nitrogens with two attached hydrogens (primary N) is 1. The standard InChI is InChI=1S/C10H10ClF3N2O.ClH/c11-6-1-2-7(8(12)3-6)9(17)16-5-10(13,14)4-15;/h1-3H,4-5,15H2,(H,16,17);1H. The smallest absolute Gasteiger partial charge is 0.277 e. The summed E-state index contributed by atoms with van der Waals surface area (Å²) in [4.78, 5) is 11.4. The van der Waals surface area contributed by atoms with Crippen molar-refractivity contribution >= 4 is 29.9 Å². The molecule has 3 nitrogen and oxygen atoms in total. The van der Waals surface area contributed by atoms with Crippen molar-refractivity contribution in [3.8, 4) is 0 Å². The van der Waals surface area contributed by atoms with Crippen LogP contribution in [0.2, 0.25) is 5.02 Å². The van der Waals surface area contributed by atoms with E-state index in [1.807, 2.05) is 5.32 Å². The zero-order valence-corrected chi connectivity index (χ0v) is 10.6. The van der Waals surface area contributed by atoms with Crippen LogP contribution in [0.3, 0.4) is 0 Å². The molecule has 3 N–H and O–H groups in total. The Kier molecular flexibility index (Phi) is 6.45. The van der Waals surface area contributed by atoms with Gasteiger partial charge in [-0.05, 0) is 18.2 Å². The third-order valence-corrected chi connectivity index (χ3v) is 2.22. The van der Waals surface area contributed by atoms with Gasteiger partial charge >= 0.3 is 0 Å². The highest BCUT2D eigenvalue weighted by atomic mass is 35.5. The summed E-state index contributed by atoms with van der Waals surface area (Å²) in [7, 11) is 0. The maximum atomic E-state index is 13.2. The molecule has 1 aromatic rings. The van der Waals surface area contributed by atoms with Crippen molar-refractivity contribution < 1.29 is 18.0 Å². The average Bonchev–Trinajstić information content (AvgIpc) is 2.26. The van der Waals surface area contributed by atoms with Crippen molar-refractivity contribution in [1.82, 2.24) is 5.32 Å². The summed E-state index contributed by atoms with van der Waals surface area (Å²) in [6, 6.07) is 3.34. The number of benzene rings is 1. The summed E-state index contributed by atoms with van der Waals surface area (Å²) in [6.07, 6.45) is 0. The highest BCUT2D eigenvalue weighted by Gasteiger charge is 2.27. The molecular weight excluding hydrogens is 292 g/mol. The summed E-state index contributed by atoms with van der Waals surface area (Å²) in [5, 5.41) is 2.02. The molecule has 0 fully saturated rings. The molecule has 1 amide bonds. The van der Waals surface area contributed by atoms with Gasteiger partial charge in [0.2, 0.25) is 0 Å². The molecule has 0 aliphatic carbocycles. The van der Waals surface area contributed by atoms with Gasteiger partial charge in [0.25, 0.3) is 11.8 Å². The van der Waals surface area contributed by atoms with E-state index >= 15 is 0 Å². The first kappa shape index (κ1) is 17.0. The summed E-state index contributed by atoms with van der Waals surface area (Å²) in [6.45, 7) is -1.83. The van der Waals surface area contributed by atoms with Gasteiger partial charge in [0.15, 0.2) is 0 Å². The van der Waals surface area contributed by atoms with E-state index < -0.39 is 30.7 Å². The third-order valence-electron chi connectivity index (χ3n) is 1.98. The van der Waals surface area contributed by atoms with Crippen molar-refractivity contribution in [2.24, 2.45) is 5.73 Å². The van der Waals surface area contributed by atoms with Crippen LogP contribution in [0.15, 0.2) is 18.2 Å². The molecule has 1 aromatic carbocycles. The van der Waals surface area contributed by atoms with Gasteiger partial charge in [0.1, 0.15) is 5.82 Å². The van der Waals surface area contributed by atoms with Crippen LogP contribution >= 0.6 is 24.0 Å². The Labute approximate surface area is 113 Å². The fraction of sp³-hybridized carbons (Fsp3) is 0.300. The topological polar surface area (TPSA) is 55.1 Å². The van der Waals surface area contributed by atoms with Crippen LogP contribution < -0.4 is 11.1 Å². The number of hydrogen-bond acceptors (Lipinski definition) is 2. The van der Waals surface area contributed by atoms with Gasteiger partial charge < -0.3 is 11.1 Å². The molecule has 0 saturated carbocycles. The summed E-state index contributed by atoms with van der Waals surface area (Å²) in [5.74, 6) is -5.02. The minimum atomic E-state index is -3.21. The maximum Gasteiger partial charge on any atom is 0.277 e. The lowest BCUT2D eigenvalue weighted by Crippen LogP contribution is -2.41. The van der Waals surface area contributed by atoms with E-state index in [0.29, 0.717) is 0 Å². The predicted octanol–water partition coefficient (Wildman–Crippen LogP) is 2.22. The lowest BCUT2D eigenvalue weighted by atomic mass is 10.2. The van der Waals surface area contributed by atoms with Crippen molar-refractivity contribution in [1.29, 1.82) is 0 Å². The number of amides is 1. The van der Waals surface area contributed by atoms with Crippen molar-refractivity contribution in [2.45, 2.75) is 5.92 Å². The SMILES string of the molecule is Cl.NCC(F)(F)CNC(=O)c1ccc(Cl)cc1F. The van der Waals surface area contributed by atoms with E-state index in [2.05, 4.69) is 0 Å². The molecule has 0 saturated heterocycles. The van der Waals surface area contributed by atoms with Gasteiger partial charge in [-0.2, -0.15) is 0 Å². The monoisotopic (exact) mass is 302 g/mol. The van der Waals surface area contributed by atoms with E-state index in [1.165, 1.54) is 6.07 Å². The quantitative estimate of drug-likeness (QED) is 0.896. The van der Waals surface area contributed by atoms with Crippen LogP contribution in [0.25, 0.3) is 0 Å². The molecule has 0 aliphatic heterocycles. The zero-order chi connectivity index (χ0) is 13.1. The summed E-state index contributed by atoms with van der Waals surface area (Å²) >= 11 is 5.49. The van der Waals surface area contributed by atoms with Crippen molar-refractivity contribution in [3.63, 3.8) is 0 Å². The van der Waals surface area contributed by atoms with Gasteiger partial charge in [-0.25, -0.2) is 13.2 Å². The Morgan fingerprint density at radius 1 is 1.44 bits per heavy atom. The number of alkyl halides is 2. The van der Waals surface area contributed by atoms with Crippen LogP contribution in [0.1, 0.15) is 10.4 Å². The maximum absolute atomic E-state index is 13.2. The Bertz CT molecular complexity index is 430. The van der Waals surface area contributed by atoms with Crippen molar-refractivity contribution in [2.75, 3.05) is 13.1 Å². The molecule has 0 heterocycles. The minimum Gasteiger partial charge on any atom is -0.346 e. The molecular formula is C10H11Cl2F3N2O. The molecule has 102 valence electrons. The normalized spacial score (nSPS) is 10.7. The molecule has 0 aromatic heterocycles. The predicted molar refractivity (Wildman–Crippen MR) is 65.0 cm³/mol. The Morgan fingerprint density at radius 2 is 2.06 bits per heavy atom. The van der Waals surface area contributed by atoms with Gasteiger partial charge in [-0.1, -0.05) is 11.6 Å². The summed E-state index contributed by atoms with van der Waals surface area (Å²) in [5.41, 5.74) is 4.44. The average molecular weight is 303 g/mol. The number of halogens is 5. The molecule has 0 radical (unpaired) electrons. The zero-order valence-electron chi connectivity index (χ0n) is 9.05. The molecule has 0 atom stereocenters. The van der Waals surface area contributed by atoms with Gasteiger partial charge in [0, 0.05) is 5.02 Å². The second-order valence-corrected chi connectivity index (χ2v) is 3.80. The number of carbonyl (C=O) groups excluding carboxylic acids is 1. The van der Waals surface area contributed by atoms with Gasteiger partial charge in [-0.3, -0.25) is 4.79 Å². The fourth-order valence-corrected chi connectivity index (χ4v) is 1.21.